The number of methoxy groups -OCH3 is 1. The monoisotopic (exact) mass is 435 g/mol. The molecule has 1 aromatic carbocycles. The molecule has 2 rings (SSSR count). The summed E-state index contributed by atoms with van der Waals surface area (Å²) in [5.74, 6) is 1.73. The van der Waals surface area contributed by atoms with E-state index in [9.17, 15) is 0 Å². The van der Waals surface area contributed by atoms with Gasteiger partial charge in [0, 0.05) is 44.1 Å². The average molecular weight is 436 g/mol. The zero-order chi connectivity index (χ0) is 20.0. The van der Waals surface area contributed by atoms with Gasteiger partial charge >= 0.3 is 0 Å². The molecule has 0 aliphatic rings. The number of hydrogen-bond donors (Lipinski definition) is 1. The largest absolute Gasteiger partial charge is 0.497 e. The molecule has 0 amide bonds. The van der Waals surface area contributed by atoms with E-state index in [-0.39, 0.29) is 6.04 Å². The predicted molar refractivity (Wildman–Crippen MR) is 115 cm³/mol. The molecule has 1 N–H and O–H groups in total. The summed E-state index contributed by atoms with van der Waals surface area (Å²) in [5.41, 5.74) is 2.42. The van der Waals surface area contributed by atoms with Crippen LogP contribution >= 0.6 is 15.9 Å². The third kappa shape index (κ3) is 5.74. The van der Waals surface area contributed by atoms with E-state index in [1.165, 1.54) is 11.3 Å². The highest BCUT2D eigenvalue weighted by molar-refractivity contribution is 9.10. The molecule has 1 aromatic heterocycles. The lowest BCUT2D eigenvalue weighted by Gasteiger charge is -2.28. The Morgan fingerprint density at radius 1 is 1.30 bits per heavy atom. The van der Waals surface area contributed by atoms with Crippen LogP contribution in [-0.2, 0) is 13.6 Å². The first-order valence-corrected chi connectivity index (χ1v) is 9.68. The second kappa shape index (κ2) is 9.80. The number of rotatable bonds is 7. The maximum Gasteiger partial charge on any atom is 0.193 e. The SMILES string of the molecule is CN=C(NCC(c1cccc(OC)c1)N(C)C)N(C)Cc1cc(Br)cn1C. The fourth-order valence-electron chi connectivity index (χ4n) is 3.06. The summed E-state index contributed by atoms with van der Waals surface area (Å²) in [6, 6.07) is 10.5. The summed E-state index contributed by atoms with van der Waals surface area (Å²) < 4.78 is 8.58. The molecule has 0 saturated heterocycles. The van der Waals surface area contributed by atoms with Crippen LogP contribution in [0.1, 0.15) is 17.3 Å². The highest BCUT2D eigenvalue weighted by atomic mass is 79.9. The standard InChI is InChI=1S/C20H30BrN5O/c1-22-20(26(5)14-17-11-16(21)13-25(17)4)23-12-19(24(2)3)15-8-7-9-18(10-15)27-6/h7-11,13,19H,12,14H2,1-6H3,(H,22,23). The Balaban J connectivity index is 2.06. The first-order valence-electron chi connectivity index (χ1n) is 8.88. The van der Waals surface area contributed by atoms with Crippen LogP contribution < -0.4 is 10.1 Å². The van der Waals surface area contributed by atoms with Gasteiger partial charge in [-0.05, 0) is 53.8 Å². The van der Waals surface area contributed by atoms with Crippen molar-refractivity contribution >= 4 is 21.9 Å². The number of benzene rings is 1. The lowest BCUT2D eigenvalue weighted by Crippen LogP contribution is -2.42. The van der Waals surface area contributed by atoms with E-state index in [4.69, 9.17) is 4.74 Å². The molecule has 0 aliphatic heterocycles. The molecule has 2 aromatic rings. The second-order valence-corrected chi connectivity index (χ2v) is 7.72. The van der Waals surface area contributed by atoms with Crippen LogP contribution in [0, 0.1) is 0 Å². The van der Waals surface area contributed by atoms with Crippen molar-refractivity contribution in [3.8, 4) is 5.75 Å². The lowest BCUT2D eigenvalue weighted by atomic mass is 10.1. The number of guanidine groups is 1. The number of nitrogens with one attached hydrogen (secondary N) is 1. The van der Waals surface area contributed by atoms with Crippen molar-refractivity contribution in [1.29, 1.82) is 0 Å². The second-order valence-electron chi connectivity index (χ2n) is 6.80. The maximum atomic E-state index is 5.37. The van der Waals surface area contributed by atoms with Gasteiger partial charge in [-0.3, -0.25) is 4.99 Å². The Kier molecular flexibility index (Phi) is 7.74. The predicted octanol–water partition coefficient (Wildman–Crippen LogP) is 3.11. The Hall–Kier alpha value is -1.99. The van der Waals surface area contributed by atoms with Crippen LogP contribution in [0.2, 0.25) is 0 Å². The zero-order valence-corrected chi connectivity index (χ0v) is 18.6. The third-order valence-electron chi connectivity index (χ3n) is 4.60. The van der Waals surface area contributed by atoms with Crippen LogP contribution in [0.15, 0.2) is 46.0 Å². The molecule has 0 spiro atoms. The van der Waals surface area contributed by atoms with Crippen molar-refractivity contribution < 1.29 is 4.74 Å². The summed E-state index contributed by atoms with van der Waals surface area (Å²) in [6.07, 6.45) is 2.06. The number of ether oxygens (including phenoxy) is 1. The minimum atomic E-state index is 0.203. The average Bonchev–Trinajstić information content (AvgIpc) is 2.95. The molecule has 6 nitrogen and oxygen atoms in total. The normalized spacial score (nSPS) is 13.0. The van der Waals surface area contributed by atoms with Crippen LogP contribution in [0.5, 0.6) is 5.75 Å². The molecule has 1 atom stereocenters. The number of likely N-dealkylation sites (N-methyl/N-ethyl adjacent to an activating group) is 1. The van der Waals surface area contributed by atoms with Crippen LogP contribution in [0.25, 0.3) is 0 Å². The molecule has 1 heterocycles. The number of hydrogen-bond acceptors (Lipinski definition) is 3. The summed E-state index contributed by atoms with van der Waals surface area (Å²) in [4.78, 5) is 8.77. The highest BCUT2D eigenvalue weighted by Crippen LogP contribution is 2.22. The molecule has 148 valence electrons. The van der Waals surface area contributed by atoms with Crippen molar-refractivity contribution in [2.75, 3.05) is 41.8 Å². The first kappa shape index (κ1) is 21.3. The van der Waals surface area contributed by atoms with Crippen molar-refractivity contribution in [2.24, 2.45) is 12.0 Å². The van der Waals surface area contributed by atoms with E-state index in [1.54, 1.807) is 7.11 Å². The maximum absolute atomic E-state index is 5.37. The Labute approximate surface area is 171 Å². The van der Waals surface area contributed by atoms with Crippen LogP contribution in [-0.4, -0.2) is 62.2 Å². The van der Waals surface area contributed by atoms with Gasteiger partial charge in [0.05, 0.1) is 19.7 Å². The minimum Gasteiger partial charge on any atom is -0.497 e. The Morgan fingerprint density at radius 3 is 2.59 bits per heavy atom. The first-order chi connectivity index (χ1) is 12.8. The van der Waals surface area contributed by atoms with E-state index < -0.39 is 0 Å². The lowest BCUT2D eigenvalue weighted by molar-refractivity contribution is 0.294. The molecular weight excluding hydrogens is 406 g/mol. The van der Waals surface area contributed by atoms with Gasteiger partial charge < -0.3 is 24.4 Å². The van der Waals surface area contributed by atoms with Gasteiger partial charge in [0.1, 0.15) is 5.75 Å². The molecule has 7 heteroatoms. The number of halogens is 1. The molecule has 1 unspecified atom stereocenters. The van der Waals surface area contributed by atoms with E-state index in [1.807, 2.05) is 26.2 Å². The van der Waals surface area contributed by atoms with Crippen molar-refractivity contribution in [3.05, 3.63) is 52.3 Å². The molecule has 0 bridgehead atoms. The van der Waals surface area contributed by atoms with Gasteiger partial charge in [-0.1, -0.05) is 12.1 Å². The quantitative estimate of drug-likeness (QED) is 0.535. The fourth-order valence-corrected chi connectivity index (χ4v) is 3.63. The summed E-state index contributed by atoms with van der Waals surface area (Å²) in [5, 5.41) is 3.51. The smallest absolute Gasteiger partial charge is 0.193 e. The van der Waals surface area contributed by atoms with E-state index in [2.05, 4.69) is 86.1 Å². The molecule has 0 fully saturated rings. The van der Waals surface area contributed by atoms with E-state index in [0.29, 0.717) is 0 Å². The van der Waals surface area contributed by atoms with Gasteiger partial charge in [-0.2, -0.15) is 0 Å². The van der Waals surface area contributed by atoms with Crippen molar-refractivity contribution in [2.45, 2.75) is 12.6 Å². The number of aromatic nitrogens is 1. The molecule has 0 radical (unpaired) electrons. The summed E-state index contributed by atoms with van der Waals surface area (Å²) in [6.45, 7) is 1.52. The number of aryl methyl sites for hydroxylation is 1. The van der Waals surface area contributed by atoms with Crippen molar-refractivity contribution in [1.82, 2.24) is 19.7 Å². The van der Waals surface area contributed by atoms with Gasteiger partial charge in [-0.25, -0.2) is 0 Å². The van der Waals surface area contributed by atoms with E-state index in [0.717, 1.165) is 29.3 Å². The van der Waals surface area contributed by atoms with Gasteiger partial charge in [0.15, 0.2) is 5.96 Å². The van der Waals surface area contributed by atoms with Crippen LogP contribution in [0.3, 0.4) is 0 Å². The Morgan fingerprint density at radius 2 is 2.04 bits per heavy atom. The molecule has 27 heavy (non-hydrogen) atoms. The third-order valence-corrected chi connectivity index (χ3v) is 5.04. The number of aliphatic imine (C=N–C) groups is 1. The Bertz CT molecular complexity index is 771. The summed E-state index contributed by atoms with van der Waals surface area (Å²) >= 11 is 3.53. The van der Waals surface area contributed by atoms with Gasteiger partial charge in [-0.15, -0.1) is 0 Å². The molecule has 0 saturated carbocycles. The van der Waals surface area contributed by atoms with Crippen LogP contribution in [0.4, 0.5) is 0 Å². The highest BCUT2D eigenvalue weighted by Gasteiger charge is 2.17. The summed E-state index contributed by atoms with van der Waals surface area (Å²) in [7, 11) is 11.8. The van der Waals surface area contributed by atoms with Gasteiger partial charge in [0.25, 0.3) is 0 Å². The number of nitrogens with zero attached hydrogens (tertiary/aromatic N) is 4. The van der Waals surface area contributed by atoms with Gasteiger partial charge in [0.2, 0.25) is 0 Å². The molecular formula is C20H30BrN5O. The van der Waals surface area contributed by atoms with Crippen molar-refractivity contribution in [3.63, 3.8) is 0 Å². The van der Waals surface area contributed by atoms with E-state index >= 15 is 0 Å². The zero-order valence-electron chi connectivity index (χ0n) is 17.0. The fraction of sp³-hybridized carbons (Fsp3) is 0.450. The topological polar surface area (TPSA) is 45.0 Å². The minimum absolute atomic E-state index is 0.203. The molecule has 0 aliphatic carbocycles.